The van der Waals surface area contributed by atoms with Crippen molar-refractivity contribution < 1.29 is 14.3 Å². The highest BCUT2D eigenvalue weighted by atomic mass is 16.6. The van der Waals surface area contributed by atoms with Gasteiger partial charge in [0.05, 0.1) is 6.54 Å². The Morgan fingerprint density at radius 1 is 1.30 bits per heavy atom. The van der Waals surface area contributed by atoms with E-state index in [9.17, 15) is 14.4 Å². The van der Waals surface area contributed by atoms with Crippen LogP contribution in [0, 0.1) is 13.8 Å². The number of nitrogens with zero attached hydrogens (tertiary/aromatic N) is 2. The van der Waals surface area contributed by atoms with Gasteiger partial charge in [-0.1, -0.05) is 13.3 Å². The number of H-pyrrole nitrogens is 1. The van der Waals surface area contributed by atoms with Gasteiger partial charge in [-0.25, -0.2) is 4.79 Å². The predicted molar refractivity (Wildman–Crippen MR) is 102 cm³/mol. The lowest BCUT2D eigenvalue weighted by molar-refractivity contribution is 0.00300. The number of ether oxygens (including phenoxy) is 1. The number of hydrogen-bond donors (Lipinski definition) is 1. The van der Waals surface area contributed by atoms with E-state index in [2.05, 4.69) is 18.8 Å². The molecule has 0 aromatic carbocycles. The molecule has 0 saturated carbocycles. The van der Waals surface area contributed by atoms with Gasteiger partial charge in [-0.2, -0.15) is 0 Å². The molecule has 0 bridgehead atoms. The molecule has 2 aliphatic rings. The highest BCUT2D eigenvalue weighted by Gasteiger charge is 2.48. The van der Waals surface area contributed by atoms with Crippen LogP contribution in [0.2, 0.25) is 0 Å². The lowest BCUT2D eigenvalue weighted by atomic mass is 9.90. The summed E-state index contributed by atoms with van der Waals surface area (Å²) in [6.45, 7) is 9.25. The Bertz CT molecular complexity index is 793. The Labute approximate surface area is 159 Å². The van der Waals surface area contributed by atoms with Gasteiger partial charge in [0.2, 0.25) is 0 Å². The topological polar surface area (TPSA) is 82.7 Å². The van der Waals surface area contributed by atoms with Gasteiger partial charge < -0.3 is 19.5 Å². The first kappa shape index (κ1) is 19.5. The van der Waals surface area contributed by atoms with Crippen molar-refractivity contribution in [1.29, 1.82) is 0 Å². The molecule has 2 aliphatic heterocycles. The highest BCUT2D eigenvalue weighted by Crippen LogP contribution is 2.35. The van der Waals surface area contributed by atoms with E-state index in [0.29, 0.717) is 38.2 Å². The van der Waals surface area contributed by atoms with Crippen LogP contribution >= 0.6 is 0 Å². The predicted octanol–water partition coefficient (Wildman–Crippen LogP) is 2.61. The minimum Gasteiger partial charge on any atom is -0.441 e. The van der Waals surface area contributed by atoms with Crippen LogP contribution in [0.1, 0.15) is 61.3 Å². The van der Waals surface area contributed by atoms with Crippen molar-refractivity contribution in [3.05, 3.63) is 33.2 Å². The molecule has 2 saturated heterocycles. The fourth-order valence-corrected chi connectivity index (χ4v) is 4.21. The third kappa shape index (κ3) is 3.73. The van der Waals surface area contributed by atoms with Crippen LogP contribution in [-0.4, -0.2) is 58.1 Å². The van der Waals surface area contributed by atoms with Crippen LogP contribution in [0.3, 0.4) is 0 Å². The Kier molecular flexibility index (Phi) is 5.31. The summed E-state index contributed by atoms with van der Waals surface area (Å²) >= 11 is 0. The number of aromatic amines is 1. The van der Waals surface area contributed by atoms with Crippen LogP contribution in [0.5, 0.6) is 0 Å². The summed E-state index contributed by atoms with van der Waals surface area (Å²) in [5.74, 6) is -0.246. The molecule has 3 heterocycles. The van der Waals surface area contributed by atoms with E-state index in [0.717, 1.165) is 18.5 Å². The average molecular weight is 375 g/mol. The molecule has 1 aromatic heterocycles. The number of pyridine rings is 1. The van der Waals surface area contributed by atoms with Crippen molar-refractivity contribution in [3.8, 4) is 0 Å². The quantitative estimate of drug-likeness (QED) is 0.877. The molecule has 2 amide bonds. The van der Waals surface area contributed by atoms with Crippen molar-refractivity contribution >= 4 is 12.0 Å². The van der Waals surface area contributed by atoms with Crippen LogP contribution in [0.15, 0.2) is 10.9 Å². The standard InChI is InChI=1S/C20H29N3O4/c1-5-6-14(3)23-12-20(27-19(23)26)7-9-22(10-8-20)18(25)17-15(4)21-13(2)11-16(17)24/h11,14H,5-10,12H2,1-4H3,(H,21,24)/t14-/m1/s1. The van der Waals surface area contributed by atoms with Crippen LogP contribution in [-0.2, 0) is 4.74 Å². The third-order valence-corrected chi connectivity index (χ3v) is 5.76. The Hall–Kier alpha value is -2.31. The molecule has 7 nitrogen and oxygen atoms in total. The zero-order valence-corrected chi connectivity index (χ0v) is 16.6. The van der Waals surface area contributed by atoms with E-state index in [1.54, 1.807) is 18.7 Å². The first-order valence-electron chi connectivity index (χ1n) is 9.76. The molecule has 0 aliphatic carbocycles. The maximum Gasteiger partial charge on any atom is 0.410 e. The first-order valence-corrected chi connectivity index (χ1v) is 9.76. The molecule has 0 radical (unpaired) electrons. The minimum atomic E-state index is -0.509. The number of aryl methyl sites for hydroxylation is 2. The maximum absolute atomic E-state index is 12.9. The molecule has 0 unspecified atom stereocenters. The van der Waals surface area contributed by atoms with E-state index in [-0.39, 0.29) is 29.0 Å². The maximum atomic E-state index is 12.9. The van der Waals surface area contributed by atoms with Crippen LogP contribution in [0.4, 0.5) is 4.79 Å². The smallest absolute Gasteiger partial charge is 0.410 e. The van der Waals surface area contributed by atoms with Gasteiger partial charge in [0.15, 0.2) is 5.43 Å². The number of carbonyl (C=O) groups excluding carboxylic acids is 2. The van der Waals surface area contributed by atoms with Gasteiger partial charge in [-0.15, -0.1) is 0 Å². The molecule has 1 N–H and O–H groups in total. The molecule has 3 rings (SSSR count). The number of likely N-dealkylation sites (tertiary alicyclic amines) is 1. The fourth-order valence-electron chi connectivity index (χ4n) is 4.21. The number of aromatic nitrogens is 1. The second-order valence-electron chi connectivity index (χ2n) is 7.93. The van der Waals surface area contributed by atoms with Gasteiger partial charge in [-0.3, -0.25) is 9.59 Å². The summed E-state index contributed by atoms with van der Waals surface area (Å²) in [6, 6.07) is 1.62. The molecule has 1 aromatic rings. The van der Waals surface area contributed by atoms with E-state index in [1.165, 1.54) is 6.07 Å². The number of nitrogens with one attached hydrogen (secondary N) is 1. The number of carbonyl (C=O) groups is 2. The molecular formula is C20H29N3O4. The first-order chi connectivity index (χ1) is 12.8. The SMILES string of the molecule is CCC[C@@H](C)N1CC2(CCN(C(=O)c3c(C)[nH]c(C)cc3=O)CC2)OC1=O. The summed E-state index contributed by atoms with van der Waals surface area (Å²) in [7, 11) is 0. The lowest BCUT2D eigenvalue weighted by Gasteiger charge is -2.37. The molecular weight excluding hydrogens is 346 g/mol. The van der Waals surface area contributed by atoms with Gasteiger partial charge in [0.1, 0.15) is 11.2 Å². The van der Waals surface area contributed by atoms with Crippen molar-refractivity contribution in [1.82, 2.24) is 14.8 Å². The van der Waals surface area contributed by atoms with E-state index in [1.807, 2.05) is 4.90 Å². The Morgan fingerprint density at radius 2 is 1.96 bits per heavy atom. The van der Waals surface area contributed by atoms with Crippen molar-refractivity contribution in [3.63, 3.8) is 0 Å². The van der Waals surface area contributed by atoms with Crippen LogP contribution in [0.25, 0.3) is 0 Å². The average Bonchev–Trinajstić information content (AvgIpc) is 2.91. The molecule has 1 atom stereocenters. The van der Waals surface area contributed by atoms with Gasteiger partial charge in [0, 0.05) is 49.4 Å². The molecule has 148 valence electrons. The Balaban J connectivity index is 1.68. The van der Waals surface area contributed by atoms with Gasteiger partial charge in [-0.05, 0) is 27.2 Å². The van der Waals surface area contributed by atoms with Gasteiger partial charge in [0.25, 0.3) is 5.91 Å². The third-order valence-electron chi connectivity index (χ3n) is 5.76. The molecule has 7 heteroatoms. The lowest BCUT2D eigenvalue weighted by Crippen LogP contribution is -2.50. The summed E-state index contributed by atoms with van der Waals surface area (Å²) in [5.41, 5.74) is 0.784. The zero-order chi connectivity index (χ0) is 19.8. The Morgan fingerprint density at radius 3 is 2.56 bits per heavy atom. The monoisotopic (exact) mass is 375 g/mol. The number of rotatable bonds is 4. The molecule has 2 fully saturated rings. The van der Waals surface area contributed by atoms with Crippen molar-refractivity contribution in [2.45, 2.75) is 65.0 Å². The van der Waals surface area contributed by atoms with E-state index >= 15 is 0 Å². The van der Waals surface area contributed by atoms with Crippen molar-refractivity contribution in [2.24, 2.45) is 0 Å². The number of amides is 2. The molecule has 1 spiro atoms. The summed E-state index contributed by atoms with van der Waals surface area (Å²) in [5, 5.41) is 0. The highest BCUT2D eigenvalue weighted by molar-refractivity contribution is 5.95. The summed E-state index contributed by atoms with van der Waals surface area (Å²) < 4.78 is 5.75. The van der Waals surface area contributed by atoms with Crippen LogP contribution < -0.4 is 5.43 Å². The summed E-state index contributed by atoms with van der Waals surface area (Å²) in [6.07, 6.45) is 2.92. The van der Waals surface area contributed by atoms with E-state index in [4.69, 9.17) is 4.74 Å². The van der Waals surface area contributed by atoms with Gasteiger partial charge >= 0.3 is 6.09 Å². The fraction of sp³-hybridized carbons (Fsp3) is 0.650. The largest absolute Gasteiger partial charge is 0.441 e. The normalized spacial score (nSPS) is 20.1. The van der Waals surface area contributed by atoms with Crippen molar-refractivity contribution in [2.75, 3.05) is 19.6 Å². The second-order valence-corrected chi connectivity index (χ2v) is 7.93. The summed E-state index contributed by atoms with van der Waals surface area (Å²) in [4.78, 5) is 44.0. The van der Waals surface area contributed by atoms with E-state index < -0.39 is 5.60 Å². The second kappa shape index (κ2) is 7.37. The molecule has 27 heavy (non-hydrogen) atoms. The minimum absolute atomic E-state index is 0.162. The zero-order valence-electron chi connectivity index (χ0n) is 16.6. The number of hydrogen-bond acceptors (Lipinski definition) is 4. The number of piperidine rings is 1.